The van der Waals surface area contributed by atoms with Gasteiger partial charge in [-0.25, -0.2) is 0 Å². The lowest BCUT2D eigenvalue weighted by atomic mass is 10.1. The fourth-order valence-corrected chi connectivity index (χ4v) is 3.94. The second-order valence-corrected chi connectivity index (χ2v) is 8.13. The molecule has 0 saturated heterocycles. The Morgan fingerprint density at radius 2 is 1.93 bits per heavy atom. The van der Waals surface area contributed by atoms with Crippen LogP contribution in [-0.2, 0) is 4.84 Å². The maximum atomic E-state index is 12.4. The van der Waals surface area contributed by atoms with Crippen LogP contribution in [0.2, 0.25) is 4.34 Å². The molecule has 8 heteroatoms. The van der Waals surface area contributed by atoms with Gasteiger partial charge in [-0.1, -0.05) is 35.9 Å². The molecular formula is C20H18ClN3O3S. The van der Waals surface area contributed by atoms with Crippen molar-refractivity contribution in [2.45, 2.75) is 6.10 Å². The molecule has 2 aromatic rings. The predicted molar refractivity (Wildman–Crippen MR) is 109 cm³/mol. The molecule has 1 aromatic heterocycles. The van der Waals surface area contributed by atoms with E-state index in [1.54, 1.807) is 17.0 Å². The molecule has 2 aliphatic rings. The second-order valence-electron chi connectivity index (χ2n) is 6.41. The lowest BCUT2D eigenvalue weighted by molar-refractivity contribution is 0.0499. The number of hydrogen-bond donors (Lipinski definition) is 2. The van der Waals surface area contributed by atoms with Crippen molar-refractivity contribution in [1.29, 1.82) is 0 Å². The van der Waals surface area contributed by atoms with Gasteiger partial charge < -0.3 is 10.2 Å². The highest BCUT2D eigenvalue weighted by atomic mass is 35.5. The summed E-state index contributed by atoms with van der Waals surface area (Å²) in [4.78, 5) is 32.3. The molecule has 0 aliphatic carbocycles. The largest absolute Gasteiger partial charge is 0.348 e. The molecule has 1 atom stereocenters. The van der Waals surface area contributed by atoms with Crippen LogP contribution >= 0.6 is 22.9 Å². The number of halogens is 1. The van der Waals surface area contributed by atoms with E-state index in [4.69, 9.17) is 16.4 Å². The smallest absolute Gasteiger partial charge is 0.261 e. The highest BCUT2D eigenvalue weighted by Gasteiger charge is 2.20. The van der Waals surface area contributed by atoms with E-state index in [0.29, 0.717) is 34.4 Å². The topological polar surface area (TPSA) is 70.7 Å². The minimum Gasteiger partial charge on any atom is -0.348 e. The molecule has 0 spiro atoms. The predicted octanol–water partition coefficient (Wildman–Crippen LogP) is 3.09. The van der Waals surface area contributed by atoms with Crippen LogP contribution in [-0.4, -0.2) is 42.5 Å². The van der Waals surface area contributed by atoms with Gasteiger partial charge in [-0.15, -0.1) is 11.3 Å². The van der Waals surface area contributed by atoms with Crippen molar-refractivity contribution in [3.63, 3.8) is 0 Å². The highest BCUT2D eigenvalue weighted by Crippen LogP contribution is 2.22. The molecule has 2 amide bonds. The number of nitrogens with one attached hydrogen (secondary N) is 2. The van der Waals surface area contributed by atoms with Crippen molar-refractivity contribution < 1.29 is 14.4 Å². The van der Waals surface area contributed by atoms with Gasteiger partial charge in [0.15, 0.2) is 0 Å². The molecule has 28 heavy (non-hydrogen) atoms. The third-order valence-electron chi connectivity index (χ3n) is 4.48. The number of carbonyl (C=O) groups excluding carboxylic acids is 2. The van der Waals surface area contributed by atoms with Crippen LogP contribution in [0, 0.1) is 0 Å². The summed E-state index contributed by atoms with van der Waals surface area (Å²) in [6.45, 7) is 1.65. The lowest BCUT2D eigenvalue weighted by Crippen LogP contribution is -2.31. The molecule has 2 N–H and O–H groups in total. The van der Waals surface area contributed by atoms with Crippen LogP contribution in [0.25, 0.3) is 5.70 Å². The van der Waals surface area contributed by atoms with Gasteiger partial charge in [0.05, 0.1) is 21.5 Å². The first-order chi connectivity index (χ1) is 13.6. The minimum absolute atomic E-state index is 0.0235. The average Bonchev–Trinajstić information content (AvgIpc) is 3.47. The zero-order valence-corrected chi connectivity index (χ0v) is 16.4. The molecule has 0 fully saturated rings. The summed E-state index contributed by atoms with van der Waals surface area (Å²) < 4.78 is 0.578. The van der Waals surface area contributed by atoms with Crippen molar-refractivity contribution in [2.24, 2.45) is 0 Å². The quantitative estimate of drug-likeness (QED) is 0.736. The molecule has 3 heterocycles. The van der Waals surface area contributed by atoms with Crippen molar-refractivity contribution in [3.05, 3.63) is 75.0 Å². The summed E-state index contributed by atoms with van der Waals surface area (Å²) >= 11 is 7.09. The molecule has 2 aliphatic heterocycles. The number of nitrogens with zero attached hydrogens (tertiary/aromatic N) is 1. The third kappa shape index (κ3) is 4.11. The monoisotopic (exact) mass is 415 g/mol. The zero-order chi connectivity index (χ0) is 19.5. The van der Waals surface area contributed by atoms with Gasteiger partial charge in [0.25, 0.3) is 11.8 Å². The molecule has 0 radical (unpaired) electrons. The fraction of sp³-hybridized carbons (Fsp3) is 0.200. The first kappa shape index (κ1) is 18.7. The van der Waals surface area contributed by atoms with Crippen LogP contribution in [0.3, 0.4) is 0 Å². The molecule has 144 valence electrons. The SMILES string of the molecule is O=C(NCC1C=C(c2ccc(C(=O)N3CC=CC3)cc2)NO1)c1ccc(Cl)s1. The summed E-state index contributed by atoms with van der Waals surface area (Å²) in [6, 6.07) is 10.8. The number of thiophene rings is 1. The Hall–Kier alpha value is -2.61. The van der Waals surface area contributed by atoms with E-state index in [-0.39, 0.29) is 17.9 Å². The molecule has 6 nitrogen and oxygen atoms in total. The fourth-order valence-electron chi connectivity index (χ4n) is 2.98. The number of benzene rings is 1. The van der Waals surface area contributed by atoms with Crippen molar-refractivity contribution in [1.82, 2.24) is 15.7 Å². The molecule has 0 bridgehead atoms. The van der Waals surface area contributed by atoms with Gasteiger partial charge in [0.1, 0.15) is 6.10 Å². The number of amides is 2. The first-order valence-corrected chi connectivity index (χ1v) is 10.0. The van der Waals surface area contributed by atoms with Gasteiger partial charge in [-0.2, -0.15) is 0 Å². The van der Waals surface area contributed by atoms with Crippen LogP contribution in [0.15, 0.2) is 54.6 Å². The Balaban J connectivity index is 1.34. The average molecular weight is 416 g/mol. The highest BCUT2D eigenvalue weighted by molar-refractivity contribution is 7.17. The maximum absolute atomic E-state index is 12.4. The van der Waals surface area contributed by atoms with Crippen molar-refractivity contribution in [2.75, 3.05) is 19.6 Å². The molecular weight excluding hydrogens is 398 g/mol. The van der Waals surface area contributed by atoms with Gasteiger partial charge in [0, 0.05) is 18.7 Å². The summed E-state index contributed by atoms with van der Waals surface area (Å²) in [5, 5.41) is 2.83. The van der Waals surface area contributed by atoms with E-state index in [2.05, 4.69) is 10.8 Å². The van der Waals surface area contributed by atoms with E-state index in [1.165, 1.54) is 11.3 Å². The molecule has 1 aromatic carbocycles. The minimum atomic E-state index is -0.286. The van der Waals surface area contributed by atoms with E-state index < -0.39 is 0 Å². The number of hydrogen-bond acceptors (Lipinski definition) is 5. The Labute approximate surface area is 171 Å². The Bertz CT molecular complexity index is 944. The summed E-state index contributed by atoms with van der Waals surface area (Å²) in [7, 11) is 0. The normalized spacial score (nSPS) is 18.1. The molecule has 0 saturated carbocycles. The van der Waals surface area contributed by atoms with E-state index in [0.717, 1.165) is 11.3 Å². The number of carbonyl (C=O) groups is 2. The van der Waals surface area contributed by atoms with Gasteiger partial charge >= 0.3 is 0 Å². The van der Waals surface area contributed by atoms with Crippen molar-refractivity contribution in [3.8, 4) is 0 Å². The van der Waals surface area contributed by atoms with E-state index in [9.17, 15) is 9.59 Å². The van der Waals surface area contributed by atoms with E-state index >= 15 is 0 Å². The summed E-state index contributed by atoms with van der Waals surface area (Å²) in [6.07, 6.45) is 5.60. The van der Waals surface area contributed by atoms with Crippen LogP contribution in [0.4, 0.5) is 0 Å². The van der Waals surface area contributed by atoms with Crippen LogP contribution in [0.5, 0.6) is 0 Å². The molecule has 4 rings (SSSR count). The second kappa shape index (κ2) is 8.18. The van der Waals surface area contributed by atoms with Gasteiger partial charge in [-0.05, 0) is 35.9 Å². The Kier molecular flexibility index (Phi) is 5.47. The first-order valence-electron chi connectivity index (χ1n) is 8.82. The van der Waals surface area contributed by atoms with E-state index in [1.807, 2.05) is 42.5 Å². The summed E-state index contributed by atoms with van der Waals surface area (Å²) in [5.74, 6) is -0.156. The van der Waals surface area contributed by atoms with Crippen LogP contribution in [0.1, 0.15) is 25.6 Å². The Morgan fingerprint density at radius 3 is 2.61 bits per heavy atom. The van der Waals surface area contributed by atoms with Gasteiger partial charge in [0.2, 0.25) is 0 Å². The molecule has 1 unspecified atom stereocenters. The number of hydroxylamine groups is 1. The van der Waals surface area contributed by atoms with Crippen LogP contribution < -0.4 is 10.8 Å². The lowest BCUT2D eigenvalue weighted by Gasteiger charge is -2.15. The van der Waals surface area contributed by atoms with Gasteiger partial charge in [-0.3, -0.25) is 19.9 Å². The zero-order valence-electron chi connectivity index (χ0n) is 14.9. The Morgan fingerprint density at radius 1 is 1.18 bits per heavy atom. The summed E-state index contributed by atoms with van der Waals surface area (Å²) in [5.41, 5.74) is 5.26. The standard InChI is InChI=1S/C20H18ClN3O3S/c21-18-8-7-17(28-18)19(25)22-12-15-11-16(23-27-15)13-3-5-14(6-4-13)20(26)24-9-1-2-10-24/h1-8,11,15,23H,9-10,12H2,(H,22,25). The third-order valence-corrected chi connectivity index (χ3v) is 5.71. The van der Waals surface area contributed by atoms with Crippen molar-refractivity contribution >= 4 is 40.4 Å². The number of rotatable bonds is 5. The maximum Gasteiger partial charge on any atom is 0.261 e.